The van der Waals surface area contributed by atoms with Gasteiger partial charge in [-0.05, 0) is 24.6 Å². The molecular formula is C15H20ClF3N4O. The molecule has 0 heterocycles. The highest BCUT2D eigenvalue weighted by Crippen LogP contribution is 2.22. The first kappa shape index (κ1) is 20.1. The van der Waals surface area contributed by atoms with Crippen molar-refractivity contribution in [1.29, 1.82) is 0 Å². The fourth-order valence-corrected chi connectivity index (χ4v) is 1.97. The summed E-state index contributed by atoms with van der Waals surface area (Å²) in [5.41, 5.74) is 1.39. The topological polar surface area (TPSA) is 65.5 Å². The molecule has 0 aromatic heterocycles. The van der Waals surface area contributed by atoms with Gasteiger partial charge in [0.05, 0.1) is 6.42 Å². The number of amides is 1. The standard InChI is InChI=1S/C15H20ClF3N4O/c1-10-11(16)4-3-5-12(10)23-13(24)6-8-21-14(20-2)22-9-7-15(17,18)19/h3-5H,6-9H2,1-2H3,(H,23,24)(H2,20,21,22). The molecule has 1 amide bonds. The highest BCUT2D eigenvalue weighted by atomic mass is 35.5. The predicted molar refractivity (Wildman–Crippen MR) is 89.5 cm³/mol. The van der Waals surface area contributed by atoms with Crippen LogP contribution in [0.25, 0.3) is 0 Å². The van der Waals surface area contributed by atoms with Gasteiger partial charge >= 0.3 is 6.18 Å². The third-order valence-electron chi connectivity index (χ3n) is 3.11. The van der Waals surface area contributed by atoms with E-state index in [1.807, 2.05) is 0 Å². The molecule has 0 spiro atoms. The van der Waals surface area contributed by atoms with E-state index < -0.39 is 12.6 Å². The monoisotopic (exact) mass is 364 g/mol. The zero-order chi connectivity index (χ0) is 18.2. The number of halogens is 4. The second-order valence-electron chi connectivity index (χ2n) is 5.00. The van der Waals surface area contributed by atoms with Crippen LogP contribution in [-0.4, -0.2) is 38.2 Å². The highest BCUT2D eigenvalue weighted by Gasteiger charge is 2.26. The minimum atomic E-state index is -4.22. The maximum atomic E-state index is 12.1. The Labute approximate surface area is 143 Å². The van der Waals surface area contributed by atoms with Crippen molar-refractivity contribution in [2.75, 3.05) is 25.5 Å². The third kappa shape index (κ3) is 7.54. The number of carbonyl (C=O) groups is 1. The average Bonchev–Trinajstić information content (AvgIpc) is 2.49. The number of alkyl halides is 3. The Bertz CT molecular complexity index is 591. The third-order valence-corrected chi connectivity index (χ3v) is 3.52. The van der Waals surface area contributed by atoms with E-state index in [4.69, 9.17) is 11.6 Å². The van der Waals surface area contributed by atoms with E-state index in [1.165, 1.54) is 7.05 Å². The summed E-state index contributed by atoms with van der Waals surface area (Å²) in [5, 5.41) is 8.61. The summed E-state index contributed by atoms with van der Waals surface area (Å²) in [6.45, 7) is 1.75. The SMILES string of the molecule is CN=C(NCCC(=O)Nc1cccc(Cl)c1C)NCCC(F)(F)F. The number of hydrogen-bond donors (Lipinski definition) is 3. The molecule has 9 heteroatoms. The molecule has 0 saturated heterocycles. The van der Waals surface area contributed by atoms with E-state index in [1.54, 1.807) is 25.1 Å². The molecule has 0 radical (unpaired) electrons. The lowest BCUT2D eigenvalue weighted by Crippen LogP contribution is -2.40. The number of rotatable bonds is 6. The minimum Gasteiger partial charge on any atom is -0.356 e. The van der Waals surface area contributed by atoms with E-state index in [0.717, 1.165) is 5.56 Å². The highest BCUT2D eigenvalue weighted by molar-refractivity contribution is 6.31. The van der Waals surface area contributed by atoms with E-state index in [-0.39, 0.29) is 31.4 Å². The molecule has 1 aromatic rings. The molecule has 3 N–H and O–H groups in total. The van der Waals surface area contributed by atoms with Crippen molar-refractivity contribution >= 4 is 29.2 Å². The van der Waals surface area contributed by atoms with Gasteiger partial charge in [0.15, 0.2) is 5.96 Å². The van der Waals surface area contributed by atoms with Crippen LogP contribution in [-0.2, 0) is 4.79 Å². The maximum absolute atomic E-state index is 12.1. The van der Waals surface area contributed by atoms with Crippen LogP contribution < -0.4 is 16.0 Å². The Balaban J connectivity index is 2.35. The largest absolute Gasteiger partial charge is 0.390 e. The number of anilines is 1. The summed E-state index contributed by atoms with van der Waals surface area (Å²) in [4.78, 5) is 15.7. The number of nitrogens with zero attached hydrogens (tertiary/aromatic N) is 1. The Hall–Kier alpha value is -1.96. The first-order chi connectivity index (χ1) is 11.2. The second kappa shape index (κ2) is 9.36. The molecule has 1 rings (SSSR count). The second-order valence-corrected chi connectivity index (χ2v) is 5.41. The van der Waals surface area contributed by atoms with Crippen LogP contribution in [0.15, 0.2) is 23.2 Å². The quantitative estimate of drug-likeness (QED) is 0.537. The van der Waals surface area contributed by atoms with Gasteiger partial charge in [0.25, 0.3) is 0 Å². The summed E-state index contributed by atoms with van der Waals surface area (Å²) >= 11 is 5.97. The van der Waals surface area contributed by atoms with Crippen LogP contribution in [0.2, 0.25) is 5.02 Å². The van der Waals surface area contributed by atoms with Crippen molar-refractivity contribution < 1.29 is 18.0 Å². The molecule has 24 heavy (non-hydrogen) atoms. The molecule has 0 bridgehead atoms. The molecular weight excluding hydrogens is 345 g/mol. The van der Waals surface area contributed by atoms with E-state index in [2.05, 4.69) is 20.9 Å². The lowest BCUT2D eigenvalue weighted by atomic mass is 10.2. The number of hydrogen-bond acceptors (Lipinski definition) is 2. The van der Waals surface area contributed by atoms with Gasteiger partial charge in [0.2, 0.25) is 5.91 Å². The lowest BCUT2D eigenvalue weighted by Gasteiger charge is -2.13. The van der Waals surface area contributed by atoms with Crippen molar-refractivity contribution in [1.82, 2.24) is 10.6 Å². The summed E-state index contributed by atoms with van der Waals surface area (Å²) in [6.07, 6.45) is -5.05. The van der Waals surface area contributed by atoms with Crippen molar-refractivity contribution in [2.45, 2.75) is 25.9 Å². The summed E-state index contributed by atoms with van der Waals surface area (Å²) in [7, 11) is 1.44. The van der Waals surface area contributed by atoms with Crippen LogP contribution in [0, 0.1) is 6.92 Å². The van der Waals surface area contributed by atoms with Gasteiger partial charge in [-0.2, -0.15) is 13.2 Å². The van der Waals surface area contributed by atoms with Crippen LogP contribution >= 0.6 is 11.6 Å². The van der Waals surface area contributed by atoms with Crippen LogP contribution in [0.3, 0.4) is 0 Å². The van der Waals surface area contributed by atoms with Crippen molar-refractivity contribution in [3.63, 3.8) is 0 Å². The summed E-state index contributed by atoms with van der Waals surface area (Å²) in [6, 6.07) is 5.20. The molecule has 0 aliphatic heterocycles. The van der Waals surface area contributed by atoms with Gasteiger partial charge in [0, 0.05) is 37.3 Å². The molecule has 5 nitrogen and oxygen atoms in total. The Kier molecular flexibility index (Phi) is 7.84. The Morgan fingerprint density at radius 1 is 1.25 bits per heavy atom. The summed E-state index contributed by atoms with van der Waals surface area (Å²) < 4.78 is 36.2. The molecule has 0 aliphatic carbocycles. The predicted octanol–water partition coefficient (Wildman–Crippen LogP) is 3.09. The Morgan fingerprint density at radius 2 is 1.92 bits per heavy atom. The normalized spacial score (nSPS) is 12.0. The van der Waals surface area contributed by atoms with Gasteiger partial charge in [-0.15, -0.1) is 0 Å². The molecule has 1 aromatic carbocycles. The summed E-state index contributed by atoms with van der Waals surface area (Å²) in [5.74, 6) is -0.0235. The van der Waals surface area contributed by atoms with Gasteiger partial charge < -0.3 is 16.0 Å². The number of carbonyl (C=O) groups excluding carboxylic acids is 1. The van der Waals surface area contributed by atoms with E-state index in [9.17, 15) is 18.0 Å². The zero-order valence-electron chi connectivity index (χ0n) is 13.4. The van der Waals surface area contributed by atoms with E-state index >= 15 is 0 Å². The number of guanidine groups is 1. The zero-order valence-corrected chi connectivity index (χ0v) is 14.2. The molecule has 134 valence electrons. The molecule has 0 unspecified atom stereocenters. The van der Waals surface area contributed by atoms with Gasteiger partial charge in [-0.3, -0.25) is 9.79 Å². The van der Waals surface area contributed by atoms with Gasteiger partial charge in [-0.25, -0.2) is 0 Å². The fraction of sp³-hybridized carbons (Fsp3) is 0.467. The van der Waals surface area contributed by atoms with Crippen molar-refractivity contribution in [3.8, 4) is 0 Å². The van der Waals surface area contributed by atoms with Crippen LogP contribution in [0.1, 0.15) is 18.4 Å². The average molecular weight is 365 g/mol. The molecule has 0 atom stereocenters. The van der Waals surface area contributed by atoms with Gasteiger partial charge in [-0.1, -0.05) is 17.7 Å². The minimum absolute atomic E-state index is 0.131. The number of benzene rings is 1. The molecule has 0 aliphatic rings. The first-order valence-electron chi connectivity index (χ1n) is 7.29. The molecule has 0 fully saturated rings. The fourth-order valence-electron chi connectivity index (χ4n) is 1.79. The molecule has 0 saturated carbocycles. The maximum Gasteiger partial charge on any atom is 0.390 e. The number of aliphatic imine (C=N–C) groups is 1. The number of nitrogens with one attached hydrogen (secondary N) is 3. The van der Waals surface area contributed by atoms with Gasteiger partial charge in [0.1, 0.15) is 0 Å². The van der Waals surface area contributed by atoms with Crippen LogP contribution in [0.4, 0.5) is 18.9 Å². The smallest absolute Gasteiger partial charge is 0.356 e. The van der Waals surface area contributed by atoms with Crippen molar-refractivity contribution in [3.05, 3.63) is 28.8 Å². The first-order valence-corrected chi connectivity index (χ1v) is 7.67. The Morgan fingerprint density at radius 3 is 2.54 bits per heavy atom. The van der Waals surface area contributed by atoms with E-state index in [0.29, 0.717) is 10.7 Å². The van der Waals surface area contributed by atoms with Crippen molar-refractivity contribution in [2.24, 2.45) is 4.99 Å². The lowest BCUT2D eigenvalue weighted by molar-refractivity contribution is -0.132. The van der Waals surface area contributed by atoms with Crippen LogP contribution in [0.5, 0.6) is 0 Å².